The van der Waals surface area contributed by atoms with Crippen molar-refractivity contribution < 1.29 is 14.7 Å². The van der Waals surface area contributed by atoms with Crippen LogP contribution in [0.5, 0.6) is 0 Å². The van der Waals surface area contributed by atoms with Crippen LogP contribution in [0.2, 0.25) is 0 Å². The third-order valence-electron chi connectivity index (χ3n) is 3.79. The van der Waals surface area contributed by atoms with Gasteiger partial charge in [-0.05, 0) is 43.7 Å². The molecule has 5 nitrogen and oxygen atoms in total. The van der Waals surface area contributed by atoms with Crippen LogP contribution in [0.4, 0.5) is 0 Å². The lowest BCUT2D eigenvalue weighted by molar-refractivity contribution is -0.139. The Labute approximate surface area is 119 Å². The van der Waals surface area contributed by atoms with Crippen molar-refractivity contribution in [2.45, 2.75) is 51.6 Å². The fourth-order valence-electron chi connectivity index (χ4n) is 2.49. The van der Waals surface area contributed by atoms with Crippen LogP contribution < -0.4 is 5.32 Å². The van der Waals surface area contributed by atoms with Crippen molar-refractivity contribution in [3.8, 4) is 0 Å². The Morgan fingerprint density at radius 3 is 2.65 bits per heavy atom. The molecule has 1 heterocycles. The molecular formula is C15H22N2O3. The number of rotatable bonds is 6. The number of carboxylic acid groups (broad SMARTS) is 1. The molecule has 1 atom stereocenters. The van der Waals surface area contributed by atoms with E-state index in [1.807, 2.05) is 30.7 Å². The minimum atomic E-state index is -0.978. The van der Waals surface area contributed by atoms with Crippen molar-refractivity contribution in [2.24, 2.45) is 5.92 Å². The van der Waals surface area contributed by atoms with Gasteiger partial charge >= 0.3 is 5.97 Å². The molecule has 1 aliphatic carbocycles. The highest BCUT2D eigenvalue weighted by atomic mass is 16.4. The van der Waals surface area contributed by atoms with Gasteiger partial charge in [-0.3, -0.25) is 4.79 Å². The van der Waals surface area contributed by atoms with Crippen molar-refractivity contribution in [1.82, 2.24) is 9.88 Å². The maximum Gasteiger partial charge on any atom is 0.326 e. The van der Waals surface area contributed by atoms with E-state index >= 15 is 0 Å². The van der Waals surface area contributed by atoms with E-state index < -0.39 is 12.0 Å². The van der Waals surface area contributed by atoms with Gasteiger partial charge in [0, 0.05) is 12.2 Å². The van der Waals surface area contributed by atoms with Gasteiger partial charge in [0.05, 0.1) is 0 Å². The molecule has 0 aromatic carbocycles. The van der Waals surface area contributed by atoms with Crippen LogP contribution in [0.15, 0.2) is 18.3 Å². The number of carboxylic acids is 1. The van der Waals surface area contributed by atoms with E-state index in [0.717, 1.165) is 12.8 Å². The van der Waals surface area contributed by atoms with Crippen molar-refractivity contribution in [1.29, 1.82) is 0 Å². The van der Waals surface area contributed by atoms with Gasteiger partial charge in [0.15, 0.2) is 0 Å². The second kappa shape index (κ2) is 6.11. The smallest absolute Gasteiger partial charge is 0.326 e. The lowest BCUT2D eigenvalue weighted by Gasteiger charge is -2.29. The van der Waals surface area contributed by atoms with E-state index in [1.165, 1.54) is 6.42 Å². The topological polar surface area (TPSA) is 71.3 Å². The zero-order valence-corrected chi connectivity index (χ0v) is 12.0. The third kappa shape index (κ3) is 3.21. The molecule has 20 heavy (non-hydrogen) atoms. The molecule has 2 N–H and O–H groups in total. The Morgan fingerprint density at radius 1 is 1.45 bits per heavy atom. The minimum Gasteiger partial charge on any atom is -0.480 e. The van der Waals surface area contributed by atoms with Gasteiger partial charge in [-0.2, -0.15) is 0 Å². The van der Waals surface area contributed by atoms with Gasteiger partial charge in [0.1, 0.15) is 11.7 Å². The van der Waals surface area contributed by atoms with E-state index in [-0.39, 0.29) is 11.8 Å². The van der Waals surface area contributed by atoms with Crippen LogP contribution in [-0.4, -0.2) is 27.6 Å². The zero-order valence-electron chi connectivity index (χ0n) is 12.0. The predicted molar refractivity (Wildman–Crippen MR) is 75.7 cm³/mol. The van der Waals surface area contributed by atoms with Gasteiger partial charge in [0.2, 0.25) is 0 Å². The van der Waals surface area contributed by atoms with Crippen LogP contribution in [0, 0.1) is 5.92 Å². The number of aromatic nitrogens is 1. The van der Waals surface area contributed by atoms with Gasteiger partial charge in [-0.25, -0.2) is 4.79 Å². The molecule has 110 valence electrons. The molecule has 1 aromatic heterocycles. The maximum atomic E-state index is 12.3. The average molecular weight is 278 g/mol. The second-order valence-corrected chi connectivity index (χ2v) is 5.88. The summed E-state index contributed by atoms with van der Waals surface area (Å²) in [6.07, 6.45) is 5.70. The SMILES string of the molecule is CC(C)CC(NC(=O)c1cccn1C1CCC1)C(=O)O. The predicted octanol–water partition coefficient (Wildman–Crippen LogP) is 2.44. The highest BCUT2D eigenvalue weighted by Crippen LogP contribution is 2.32. The lowest BCUT2D eigenvalue weighted by atomic mass is 9.93. The third-order valence-corrected chi connectivity index (χ3v) is 3.79. The van der Waals surface area contributed by atoms with E-state index in [2.05, 4.69) is 5.32 Å². The summed E-state index contributed by atoms with van der Waals surface area (Å²) in [6, 6.07) is 3.15. The first-order valence-corrected chi connectivity index (χ1v) is 7.19. The number of hydrogen-bond donors (Lipinski definition) is 2. The van der Waals surface area contributed by atoms with Crippen LogP contribution >= 0.6 is 0 Å². The molecule has 1 unspecified atom stereocenters. The molecule has 0 spiro atoms. The number of amides is 1. The maximum absolute atomic E-state index is 12.3. The molecule has 1 aromatic rings. The van der Waals surface area contributed by atoms with Gasteiger partial charge in [-0.1, -0.05) is 13.8 Å². The summed E-state index contributed by atoms with van der Waals surface area (Å²) in [4.78, 5) is 23.5. The number of nitrogens with one attached hydrogen (secondary N) is 1. The van der Waals surface area contributed by atoms with Crippen LogP contribution in [-0.2, 0) is 4.79 Å². The van der Waals surface area contributed by atoms with E-state index in [0.29, 0.717) is 18.2 Å². The number of carbonyl (C=O) groups is 2. The summed E-state index contributed by atoms with van der Waals surface area (Å²) in [5.41, 5.74) is 0.560. The van der Waals surface area contributed by atoms with Crippen LogP contribution in [0.25, 0.3) is 0 Å². The summed E-state index contributed by atoms with van der Waals surface area (Å²) in [5.74, 6) is -1.06. The summed E-state index contributed by atoms with van der Waals surface area (Å²) in [5, 5.41) is 11.8. The van der Waals surface area contributed by atoms with Gasteiger partial charge < -0.3 is 15.0 Å². The average Bonchev–Trinajstić information content (AvgIpc) is 2.73. The molecule has 1 aliphatic rings. The highest BCUT2D eigenvalue weighted by Gasteiger charge is 2.26. The zero-order chi connectivity index (χ0) is 14.7. The van der Waals surface area contributed by atoms with Gasteiger partial charge in [-0.15, -0.1) is 0 Å². The molecule has 2 rings (SSSR count). The Kier molecular flexibility index (Phi) is 4.47. The summed E-state index contributed by atoms with van der Waals surface area (Å²) < 4.78 is 1.97. The Morgan fingerprint density at radius 2 is 2.15 bits per heavy atom. The number of carbonyl (C=O) groups excluding carboxylic acids is 1. The molecule has 0 bridgehead atoms. The van der Waals surface area contributed by atoms with Crippen LogP contribution in [0.3, 0.4) is 0 Å². The first-order valence-electron chi connectivity index (χ1n) is 7.19. The van der Waals surface area contributed by atoms with Crippen molar-refractivity contribution in [3.63, 3.8) is 0 Å². The number of nitrogens with zero attached hydrogens (tertiary/aromatic N) is 1. The molecular weight excluding hydrogens is 256 g/mol. The largest absolute Gasteiger partial charge is 0.480 e. The Balaban J connectivity index is 2.06. The molecule has 1 fully saturated rings. The number of hydrogen-bond acceptors (Lipinski definition) is 2. The van der Waals surface area contributed by atoms with Crippen molar-refractivity contribution in [3.05, 3.63) is 24.0 Å². The number of aliphatic carboxylic acids is 1. The standard InChI is InChI=1S/C15H22N2O3/c1-10(2)9-12(15(19)20)16-14(18)13-7-4-8-17(13)11-5-3-6-11/h4,7-8,10-12H,3,5-6,9H2,1-2H3,(H,16,18)(H,19,20). The Hall–Kier alpha value is -1.78. The molecule has 1 saturated carbocycles. The van der Waals surface area contributed by atoms with Crippen molar-refractivity contribution in [2.75, 3.05) is 0 Å². The van der Waals surface area contributed by atoms with Crippen molar-refractivity contribution >= 4 is 11.9 Å². The molecule has 5 heteroatoms. The van der Waals surface area contributed by atoms with E-state index in [4.69, 9.17) is 0 Å². The molecule has 0 radical (unpaired) electrons. The minimum absolute atomic E-state index is 0.217. The first-order chi connectivity index (χ1) is 9.49. The second-order valence-electron chi connectivity index (χ2n) is 5.88. The highest BCUT2D eigenvalue weighted by molar-refractivity contribution is 5.95. The summed E-state index contributed by atoms with van der Waals surface area (Å²) in [7, 11) is 0. The fraction of sp³-hybridized carbons (Fsp3) is 0.600. The summed E-state index contributed by atoms with van der Waals surface area (Å²) in [6.45, 7) is 3.89. The summed E-state index contributed by atoms with van der Waals surface area (Å²) >= 11 is 0. The normalized spacial score (nSPS) is 16.8. The lowest BCUT2D eigenvalue weighted by Crippen LogP contribution is -2.42. The first kappa shape index (κ1) is 14.6. The molecule has 0 saturated heterocycles. The van der Waals surface area contributed by atoms with Crippen LogP contribution in [0.1, 0.15) is 56.1 Å². The molecule has 0 aliphatic heterocycles. The monoisotopic (exact) mass is 278 g/mol. The quantitative estimate of drug-likeness (QED) is 0.839. The molecule has 1 amide bonds. The van der Waals surface area contributed by atoms with Gasteiger partial charge in [0.25, 0.3) is 5.91 Å². The van der Waals surface area contributed by atoms with E-state index in [9.17, 15) is 14.7 Å². The fourth-order valence-corrected chi connectivity index (χ4v) is 2.49. The Bertz CT molecular complexity index is 489. The van der Waals surface area contributed by atoms with E-state index in [1.54, 1.807) is 6.07 Å².